The molecule has 1 aliphatic carbocycles. The molecule has 0 spiro atoms. The summed E-state index contributed by atoms with van der Waals surface area (Å²) in [6.45, 7) is 2.48. The maximum absolute atomic E-state index is 12.7. The summed E-state index contributed by atoms with van der Waals surface area (Å²) in [6, 6.07) is 1.17. The molecule has 0 radical (unpaired) electrons. The van der Waals surface area contributed by atoms with Gasteiger partial charge in [-0.1, -0.05) is 6.92 Å². The van der Waals surface area contributed by atoms with Crippen molar-refractivity contribution in [1.82, 2.24) is 5.32 Å². The first-order valence-corrected chi connectivity index (χ1v) is 9.82. The van der Waals surface area contributed by atoms with Crippen molar-refractivity contribution in [2.75, 3.05) is 6.54 Å². The third-order valence-electron chi connectivity index (χ3n) is 4.98. The lowest BCUT2D eigenvalue weighted by molar-refractivity contribution is -0.140. The zero-order valence-electron chi connectivity index (χ0n) is 13.9. The average molecular weight is 383 g/mol. The number of hydrogen-bond donors (Lipinski definition) is 2. The molecule has 2 aliphatic rings. The summed E-state index contributed by atoms with van der Waals surface area (Å²) in [5.41, 5.74) is 0.770. The highest BCUT2D eigenvalue weighted by Gasteiger charge is 2.42. The van der Waals surface area contributed by atoms with Gasteiger partial charge in [0, 0.05) is 12.1 Å². The molecule has 3 unspecified atom stereocenters. The van der Waals surface area contributed by atoms with Gasteiger partial charge in [-0.2, -0.15) is 8.42 Å². The summed E-state index contributed by atoms with van der Waals surface area (Å²) in [5, 5.41) is 2.14. The van der Waals surface area contributed by atoms with Crippen LogP contribution >= 0.6 is 0 Å². The van der Waals surface area contributed by atoms with Crippen molar-refractivity contribution >= 4 is 33.2 Å². The Balaban J connectivity index is 1.57. The van der Waals surface area contributed by atoms with Gasteiger partial charge in [-0.05, 0) is 25.8 Å². The van der Waals surface area contributed by atoms with Gasteiger partial charge in [0.05, 0.1) is 11.2 Å². The number of rotatable bonds is 5. The molecule has 26 heavy (non-hydrogen) atoms. The van der Waals surface area contributed by atoms with Gasteiger partial charge in [0.1, 0.15) is 5.56 Å². The number of fused-ring (bicyclic) bond motifs is 1. The molecule has 1 fully saturated rings. The molecule has 3 atom stereocenters. The number of esters is 2. The zero-order valence-corrected chi connectivity index (χ0v) is 14.7. The topological polar surface area (TPSA) is 132 Å². The predicted molar refractivity (Wildman–Crippen MR) is 88.1 cm³/mol. The molecule has 0 amide bonds. The van der Waals surface area contributed by atoms with Gasteiger partial charge < -0.3 is 19.2 Å². The summed E-state index contributed by atoms with van der Waals surface area (Å²) in [7, 11) is -4.24. The van der Waals surface area contributed by atoms with E-state index in [0.717, 1.165) is 0 Å². The number of furan rings is 2. The highest BCUT2D eigenvalue weighted by molar-refractivity contribution is 7.86. The predicted octanol–water partition coefficient (Wildman–Crippen LogP) is 1.34. The molecular formula is C16H17NO8S. The van der Waals surface area contributed by atoms with Crippen LogP contribution in [0.15, 0.2) is 10.5 Å². The quantitative estimate of drug-likeness (QED) is 0.446. The fourth-order valence-electron chi connectivity index (χ4n) is 3.72. The summed E-state index contributed by atoms with van der Waals surface area (Å²) < 4.78 is 48.2. The van der Waals surface area contributed by atoms with Gasteiger partial charge in [-0.3, -0.25) is 9.35 Å². The Morgan fingerprint density at radius 1 is 1.42 bits per heavy atom. The monoisotopic (exact) mass is 383 g/mol. The van der Waals surface area contributed by atoms with E-state index >= 15 is 0 Å². The van der Waals surface area contributed by atoms with Gasteiger partial charge >= 0.3 is 11.9 Å². The Hall–Kier alpha value is -2.17. The standard InChI is InChI=1S/C16H17NO8S/c1-2-17-10-4-3-7(26(20,21)22)5-8(10)15(18)24-13-11-6-9-12(23-11)14(13)25-16(9)19/h6-8,10,17H,2-5H2,1H3,(H,20,21,22). The molecule has 10 heteroatoms. The second-order valence-electron chi connectivity index (χ2n) is 6.54. The van der Waals surface area contributed by atoms with Crippen molar-refractivity contribution < 1.29 is 36.5 Å². The Labute approximate surface area is 148 Å². The molecule has 2 aromatic heterocycles. The number of benzene rings is 1. The zero-order chi connectivity index (χ0) is 18.6. The minimum atomic E-state index is -4.24. The van der Waals surface area contributed by atoms with E-state index in [4.69, 9.17) is 13.9 Å². The van der Waals surface area contributed by atoms with Crippen molar-refractivity contribution in [3.8, 4) is 11.5 Å². The highest BCUT2D eigenvalue weighted by Crippen LogP contribution is 2.49. The Morgan fingerprint density at radius 3 is 2.88 bits per heavy atom. The largest absolute Gasteiger partial charge is 0.448 e. The Kier molecular flexibility index (Phi) is 3.94. The molecule has 9 nitrogen and oxygen atoms in total. The van der Waals surface area contributed by atoms with Crippen molar-refractivity contribution in [2.24, 2.45) is 5.92 Å². The number of nitrogens with one attached hydrogen (secondary N) is 1. The Morgan fingerprint density at radius 2 is 2.19 bits per heavy atom. The first-order chi connectivity index (χ1) is 12.3. The van der Waals surface area contributed by atoms with Crippen LogP contribution in [0.3, 0.4) is 0 Å². The van der Waals surface area contributed by atoms with Crippen LogP contribution in [0.1, 0.15) is 36.5 Å². The lowest BCUT2D eigenvalue weighted by Gasteiger charge is -2.33. The molecule has 0 aromatic carbocycles. The van der Waals surface area contributed by atoms with E-state index in [1.807, 2.05) is 6.92 Å². The first-order valence-electron chi connectivity index (χ1n) is 8.32. The van der Waals surface area contributed by atoms with Crippen LogP contribution in [-0.4, -0.2) is 42.7 Å². The third kappa shape index (κ3) is 2.65. The van der Waals surface area contributed by atoms with Crippen molar-refractivity contribution in [3.63, 3.8) is 0 Å². The van der Waals surface area contributed by atoms with E-state index in [-0.39, 0.29) is 41.5 Å². The number of carbonyl (C=O) groups is 2. The molecule has 3 heterocycles. The Bertz CT molecular complexity index is 978. The van der Waals surface area contributed by atoms with Gasteiger partial charge in [-0.15, -0.1) is 0 Å². The molecule has 1 aliphatic heterocycles. The molecular weight excluding hydrogens is 366 g/mol. The maximum Gasteiger partial charge on any atom is 0.347 e. The van der Waals surface area contributed by atoms with Crippen LogP contribution < -0.4 is 14.8 Å². The average Bonchev–Trinajstić information content (AvgIpc) is 3.19. The van der Waals surface area contributed by atoms with Gasteiger partial charge in [0.2, 0.25) is 11.5 Å². The van der Waals surface area contributed by atoms with Crippen molar-refractivity contribution in [2.45, 2.75) is 37.5 Å². The SMILES string of the molecule is CCNC1CCC(S(=O)(=O)O)CC1C(=O)Oc1c2c3oc1cc3C(=O)O2. The fraction of sp³-hybridized carbons (Fsp3) is 0.500. The maximum atomic E-state index is 12.7. The van der Waals surface area contributed by atoms with E-state index in [0.29, 0.717) is 18.5 Å². The van der Waals surface area contributed by atoms with E-state index < -0.39 is 33.2 Å². The fourth-order valence-corrected chi connectivity index (χ4v) is 4.61. The molecule has 140 valence electrons. The van der Waals surface area contributed by atoms with E-state index in [2.05, 4.69) is 5.32 Å². The number of carbonyl (C=O) groups excluding carboxylic acids is 2. The molecule has 0 saturated heterocycles. The van der Waals surface area contributed by atoms with Crippen LogP contribution in [0.2, 0.25) is 0 Å². The molecule has 1 saturated carbocycles. The molecule has 4 rings (SSSR count). The summed E-state index contributed by atoms with van der Waals surface area (Å²) in [5.74, 6) is -1.88. The lowest BCUT2D eigenvalue weighted by atomic mass is 9.84. The van der Waals surface area contributed by atoms with Crippen LogP contribution in [0.5, 0.6) is 11.5 Å². The minimum absolute atomic E-state index is 0.0313. The summed E-state index contributed by atoms with van der Waals surface area (Å²) >= 11 is 0. The lowest BCUT2D eigenvalue weighted by Crippen LogP contribution is -2.48. The molecule has 2 N–H and O–H groups in total. The summed E-state index contributed by atoms with van der Waals surface area (Å²) in [6.07, 6.45) is 0.620. The highest BCUT2D eigenvalue weighted by atomic mass is 32.2. The van der Waals surface area contributed by atoms with E-state index in [9.17, 15) is 22.6 Å². The molecule has 2 bridgehead atoms. The van der Waals surface area contributed by atoms with Gasteiger partial charge in [-0.25, -0.2) is 4.79 Å². The summed E-state index contributed by atoms with van der Waals surface area (Å²) in [4.78, 5) is 24.4. The second kappa shape index (κ2) is 5.93. The normalized spacial score (nSPS) is 25.6. The van der Waals surface area contributed by atoms with Crippen LogP contribution in [0, 0.1) is 5.92 Å². The number of ether oxygens (including phenoxy) is 2. The minimum Gasteiger partial charge on any atom is -0.448 e. The first kappa shape index (κ1) is 17.3. The molecule has 2 aromatic rings. The van der Waals surface area contributed by atoms with E-state index in [1.165, 1.54) is 6.07 Å². The smallest absolute Gasteiger partial charge is 0.347 e. The van der Waals surface area contributed by atoms with Crippen LogP contribution in [-0.2, 0) is 14.9 Å². The third-order valence-corrected chi connectivity index (χ3v) is 6.25. The van der Waals surface area contributed by atoms with E-state index in [1.54, 1.807) is 0 Å². The second-order valence-corrected chi connectivity index (χ2v) is 8.24. The van der Waals surface area contributed by atoms with Crippen molar-refractivity contribution in [1.29, 1.82) is 0 Å². The number of hydrogen-bond acceptors (Lipinski definition) is 8. The van der Waals surface area contributed by atoms with Gasteiger partial charge in [0.15, 0.2) is 11.2 Å². The van der Waals surface area contributed by atoms with Crippen molar-refractivity contribution in [3.05, 3.63) is 11.6 Å². The van der Waals surface area contributed by atoms with Crippen LogP contribution in [0.4, 0.5) is 0 Å². The van der Waals surface area contributed by atoms with Crippen LogP contribution in [0.25, 0.3) is 11.2 Å². The van der Waals surface area contributed by atoms with Gasteiger partial charge in [0.25, 0.3) is 10.1 Å².